The SMILES string of the molecule is N#Cc1ccccc1C1=CCOc2ccc(C(=O)O)cc21. The average Bonchev–Trinajstić information content (AvgIpc) is 2.53. The fraction of sp³-hybridized carbons (Fsp3) is 0.0588. The molecule has 102 valence electrons. The van der Waals surface area contributed by atoms with E-state index in [9.17, 15) is 10.1 Å². The van der Waals surface area contributed by atoms with Gasteiger partial charge >= 0.3 is 5.97 Å². The van der Waals surface area contributed by atoms with Gasteiger partial charge in [0.15, 0.2) is 0 Å². The van der Waals surface area contributed by atoms with E-state index in [0.717, 1.165) is 11.1 Å². The number of carboxylic acid groups (broad SMARTS) is 1. The number of ether oxygens (including phenoxy) is 1. The highest BCUT2D eigenvalue weighted by molar-refractivity contribution is 5.92. The zero-order valence-corrected chi connectivity index (χ0v) is 11.0. The number of hydrogen-bond acceptors (Lipinski definition) is 3. The summed E-state index contributed by atoms with van der Waals surface area (Å²) in [6, 6.07) is 14.2. The van der Waals surface area contributed by atoms with Crippen LogP contribution >= 0.6 is 0 Å². The number of fused-ring (bicyclic) bond motifs is 1. The zero-order valence-electron chi connectivity index (χ0n) is 11.0. The fourth-order valence-corrected chi connectivity index (χ4v) is 2.39. The van der Waals surface area contributed by atoms with Crippen molar-refractivity contribution in [2.75, 3.05) is 6.61 Å². The molecule has 1 N–H and O–H groups in total. The minimum absolute atomic E-state index is 0.194. The minimum atomic E-state index is -0.990. The molecular weight excluding hydrogens is 266 g/mol. The molecule has 1 aliphatic rings. The van der Waals surface area contributed by atoms with Crippen molar-refractivity contribution < 1.29 is 14.6 Å². The lowest BCUT2D eigenvalue weighted by atomic mass is 9.91. The Bertz CT molecular complexity index is 800. The zero-order chi connectivity index (χ0) is 14.8. The third kappa shape index (κ3) is 2.26. The van der Waals surface area contributed by atoms with E-state index < -0.39 is 5.97 Å². The van der Waals surface area contributed by atoms with E-state index in [2.05, 4.69) is 6.07 Å². The van der Waals surface area contributed by atoms with Crippen LogP contribution in [0, 0.1) is 11.3 Å². The van der Waals surface area contributed by atoms with Crippen molar-refractivity contribution in [2.24, 2.45) is 0 Å². The van der Waals surface area contributed by atoms with Crippen LogP contribution in [0.3, 0.4) is 0 Å². The average molecular weight is 277 g/mol. The van der Waals surface area contributed by atoms with Crippen molar-refractivity contribution in [3.05, 3.63) is 70.8 Å². The smallest absolute Gasteiger partial charge is 0.335 e. The quantitative estimate of drug-likeness (QED) is 0.915. The molecule has 21 heavy (non-hydrogen) atoms. The maximum atomic E-state index is 11.1. The van der Waals surface area contributed by atoms with Gasteiger partial charge in [-0.2, -0.15) is 5.26 Å². The molecule has 2 aromatic rings. The summed E-state index contributed by atoms with van der Waals surface area (Å²) in [5.74, 6) is -0.360. The van der Waals surface area contributed by atoms with Crippen LogP contribution in [0.5, 0.6) is 5.75 Å². The summed E-state index contributed by atoms with van der Waals surface area (Å²) < 4.78 is 5.53. The lowest BCUT2D eigenvalue weighted by Gasteiger charge is -2.20. The highest BCUT2D eigenvalue weighted by Crippen LogP contribution is 2.36. The second-order valence-corrected chi connectivity index (χ2v) is 4.60. The predicted octanol–water partition coefficient (Wildman–Crippen LogP) is 3.08. The molecule has 0 spiro atoms. The topological polar surface area (TPSA) is 70.3 Å². The number of hydrogen-bond donors (Lipinski definition) is 1. The summed E-state index contributed by atoms with van der Waals surface area (Å²) in [7, 11) is 0. The van der Waals surface area contributed by atoms with Gasteiger partial charge in [0.1, 0.15) is 12.4 Å². The molecule has 0 aliphatic carbocycles. The molecule has 0 atom stereocenters. The molecular formula is C17H11NO3. The van der Waals surface area contributed by atoms with Gasteiger partial charge in [0.25, 0.3) is 0 Å². The first kappa shape index (κ1) is 12.9. The van der Waals surface area contributed by atoms with E-state index in [1.807, 2.05) is 18.2 Å². The van der Waals surface area contributed by atoms with Gasteiger partial charge in [0.2, 0.25) is 0 Å². The van der Waals surface area contributed by atoms with Gasteiger partial charge in [0.05, 0.1) is 17.2 Å². The van der Waals surface area contributed by atoms with Crippen LogP contribution in [0.1, 0.15) is 27.0 Å². The van der Waals surface area contributed by atoms with Gasteiger partial charge in [-0.15, -0.1) is 0 Å². The van der Waals surface area contributed by atoms with Crippen LogP contribution in [-0.2, 0) is 0 Å². The Morgan fingerprint density at radius 3 is 2.76 bits per heavy atom. The van der Waals surface area contributed by atoms with Gasteiger partial charge in [-0.3, -0.25) is 0 Å². The summed E-state index contributed by atoms with van der Waals surface area (Å²) in [5, 5.41) is 18.4. The van der Waals surface area contributed by atoms with Crippen molar-refractivity contribution in [1.29, 1.82) is 5.26 Å². The van der Waals surface area contributed by atoms with Crippen LogP contribution in [0.2, 0.25) is 0 Å². The summed E-state index contributed by atoms with van der Waals surface area (Å²) in [4.78, 5) is 11.1. The van der Waals surface area contributed by atoms with Gasteiger partial charge in [-0.05, 0) is 41.5 Å². The van der Waals surface area contributed by atoms with Gasteiger partial charge in [0, 0.05) is 5.56 Å². The molecule has 0 unspecified atom stereocenters. The number of rotatable bonds is 2. The third-order valence-corrected chi connectivity index (χ3v) is 3.38. The molecule has 0 amide bonds. The van der Waals surface area contributed by atoms with E-state index >= 15 is 0 Å². The maximum absolute atomic E-state index is 11.1. The molecule has 2 aromatic carbocycles. The lowest BCUT2D eigenvalue weighted by molar-refractivity contribution is 0.0697. The number of nitriles is 1. The van der Waals surface area contributed by atoms with Crippen molar-refractivity contribution in [2.45, 2.75) is 0 Å². The van der Waals surface area contributed by atoms with Crippen molar-refractivity contribution >= 4 is 11.5 Å². The standard InChI is InChI=1S/C17H11NO3/c18-10-12-3-1-2-4-13(12)14-7-8-21-16-6-5-11(17(19)20)9-15(14)16/h1-7,9H,8H2,(H,19,20). The number of nitrogens with zero attached hydrogens (tertiary/aromatic N) is 1. The van der Waals surface area contributed by atoms with Crippen LogP contribution in [0.4, 0.5) is 0 Å². The number of aromatic carboxylic acids is 1. The number of benzene rings is 2. The predicted molar refractivity (Wildman–Crippen MR) is 77.1 cm³/mol. The minimum Gasteiger partial charge on any atom is -0.489 e. The van der Waals surface area contributed by atoms with Crippen molar-refractivity contribution in [1.82, 2.24) is 0 Å². The molecule has 4 heteroatoms. The number of carboxylic acids is 1. The Kier molecular flexibility index (Phi) is 3.17. The molecule has 3 rings (SSSR count). The van der Waals surface area contributed by atoms with E-state index in [-0.39, 0.29) is 5.56 Å². The molecule has 1 aliphatic heterocycles. The molecule has 0 radical (unpaired) electrons. The molecule has 0 fully saturated rings. The van der Waals surface area contributed by atoms with Crippen LogP contribution < -0.4 is 4.74 Å². The summed E-state index contributed by atoms with van der Waals surface area (Å²) in [5.41, 5.74) is 3.06. The van der Waals surface area contributed by atoms with Crippen LogP contribution in [0.15, 0.2) is 48.5 Å². The lowest BCUT2D eigenvalue weighted by Crippen LogP contribution is -2.08. The molecule has 0 saturated carbocycles. The molecule has 1 heterocycles. The second kappa shape index (κ2) is 5.14. The summed E-state index contributed by atoms with van der Waals surface area (Å²) in [6.07, 6.45) is 1.87. The second-order valence-electron chi connectivity index (χ2n) is 4.60. The van der Waals surface area contributed by atoms with Crippen molar-refractivity contribution in [3.63, 3.8) is 0 Å². The van der Waals surface area contributed by atoms with Gasteiger partial charge < -0.3 is 9.84 Å². The van der Waals surface area contributed by atoms with Gasteiger partial charge in [-0.1, -0.05) is 18.2 Å². The third-order valence-electron chi connectivity index (χ3n) is 3.38. The summed E-state index contributed by atoms with van der Waals surface area (Å²) in [6.45, 7) is 0.397. The van der Waals surface area contributed by atoms with Crippen LogP contribution in [-0.4, -0.2) is 17.7 Å². The molecule has 0 saturated heterocycles. The first-order valence-electron chi connectivity index (χ1n) is 6.41. The molecule has 4 nitrogen and oxygen atoms in total. The summed E-state index contributed by atoms with van der Waals surface area (Å²) >= 11 is 0. The Morgan fingerprint density at radius 2 is 2.00 bits per heavy atom. The normalized spacial score (nSPS) is 12.6. The van der Waals surface area contributed by atoms with E-state index in [0.29, 0.717) is 23.5 Å². The highest BCUT2D eigenvalue weighted by Gasteiger charge is 2.19. The van der Waals surface area contributed by atoms with Crippen LogP contribution in [0.25, 0.3) is 5.57 Å². The van der Waals surface area contributed by atoms with Gasteiger partial charge in [-0.25, -0.2) is 4.79 Å². The van der Waals surface area contributed by atoms with E-state index in [1.54, 1.807) is 24.3 Å². The first-order chi connectivity index (χ1) is 10.2. The Hall–Kier alpha value is -3.06. The van der Waals surface area contributed by atoms with E-state index in [1.165, 1.54) is 6.07 Å². The number of carbonyl (C=O) groups is 1. The molecule has 0 bridgehead atoms. The molecule has 0 aromatic heterocycles. The van der Waals surface area contributed by atoms with Crippen molar-refractivity contribution in [3.8, 4) is 11.8 Å². The highest BCUT2D eigenvalue weighted by atomic mass is 16.5. The Morgan fingerprint density at radius 1 is 1.19 bits per heavy atom. The first-order valence-corrected chi connectivity index (χ1v) is 6.41. The largest absolute Gasteiger partial charge is 0.489 e. The maximum Gasteiger partial charge on any atom is 0.335 e. The van der Waals surface area contributed by atoms with E-state index in [4.69, 9.17) is 9.84 Å². The fourth-order valence-electron chi connectivity index (χ4n) is 2.39. The monoisotopic (exact) mass is 277 g/mol. The Balaban J connectivity index is 2.19. The Labute approximate surface area is 121 Å².